The third-order valence-corrected chi connectivity index (χ3v) is 5.35. The molecule has 0 radical (unpaired) electrons. The van der Waals surface area contributed by atoms with Crippen molar-refractivity contribution >= 4 is 22.4 Å². The molecule has 0 unspecified atom stereocenters. The van der Waals surface area contributed by atoms with E-state index in [1.807, 2.05) is 18.3 Å². The monoisotopic (exact) mass is 354 g/mol. The minimum atomic E-state index is -0.173. The average molecular weight is 354 g/mol. The molecule has 25 heavy (non-hydrogen) atoms. The molecule has 1 amide bonds. The van der Waals surface area contributed by atoms with Crippen LogP contribution >= 0.6 is 11.3 Å². The highest BCUT2D eigenvalue weighted by Crippen LogP contribution is 2.31. The largest absolute Gasteiger partial charge is 0.317 e. The van der Waals surface area contributed by atoms with Crippen LogP contribution in [-0.4, -0.2) is 38.7 Å². The van der Waals surface area contributed by atoms with Crippen LogP contribution in [0.3, 0.4) is 0 Å². The molecule has 1 aliphatic rings. The van der Waals surface area contributed by atoms with Crippen molar-refractivity contribution in [1.29, 1.82) is 0 Å². The van der Waals surface area contributed by atoms with Crippen LogP contribution in [0.4, 0.5) is 5.13 Å². The fourth-order valence-corrected chi connectivity index (χ4v) is 3.92. The fourth-order valence-electron chi connectivity index (χ4n) is 2.94. The van der Waals surface area contributed by atoms with Crippen molar-refractivity contribution in [3.8, 4) is 5.69 Å². The van der Waals surface area contributed by atoms with E-state index in [4.69, 9.17) is 0 Å². The molecule has 1 aromatic carbocycles. The first-order valence-corrected chi connectivity index (χ1v) is 9.04. The number of nitrogens with one attached hydrogen (secondary N) is 2. The molecule has 0 bridgehead atoms. The molecule has 0 saturated carbocycles. The molecule has 0 atom stereocenters. The van der Waals surface area contributed by atoms with Crippen LogP contribution in [0, 0.1) is 0 Å². The summed E-state index contributed by atoms with van der Waals surface area (Å²) < 4.78 is 1.62. The highest BCUT2D eigenvalue weighted by Gasteiger charge is 2.18. The number of thiazole rings is 1. The van der Waals surface area contributed by atoms with Gasteiger partial charge in [-0.2, -0.15) is 5.10 Å². The number of anilines is 1. The predicted octanol–water partition coefficient (Wildman–Crippen LogP) is 2.44. The number of rotatable bonds is 4. The third kappa shape index (κ3) is 3.59. The second-order valence-electron chi connectivity index (χ2n) is 5.94. The number of hydrogen-bond acceptors (Lipinski definition) is 6. The van der Waals surface area contributed by atoms with Gasteiger partial charge in [0.2, 0.25) is 0 Å². The molecule has 8 heteroatoms. The van der Waals surface area contributed by atoms with Crippen molar-refractivity contribution in [2.45, 2.75) is 18.8 Å². The number of benzene rings is 1. The third-order valence-electron chi connectivity index (χ3n) is 4.28. The molecular formula is C17H18N6OS. The standard InChI is InChI=1S/C17H18N6OS/c24-16(13-2-1-3-14(8-13)23-11-19-10-21-23)22-17-20-9-15(25-17)12-4-6-18-7-5-12/h1-3,8-12,18H,4-7H2,(H,20,22,24). The topological polar surface area (TPSA) is 84.7 Å². The molecule has 0 spiro atoms. The summed E-state index contributed by atoms with van der Waals surface area (Å²) in [6, 6.07) is 7.26. The van der Waals surface area contributed by atoms with Crippen LogP contribution in [0.5, 0.6) is 0 Å². The van der Waals surface area contributed by atoms with E-state index in [1.54, 1.807) is 34.5 Å². The van der Waals surface area contributed by atoms with Gasteiger partial charge in [-0.1, -0.05) is 6.07 Å². The van der Waals surface area contributed by atoms with Crippen LogP contribution in [0.2, 0.25) is 0 Å². The predicted molar refractivity (Wildman–Crippen MR) is 96.3 cm³/mol. The summed E-state index contributed by atoms with van der Waals surface area (Å²) >= 11 is 1.57. The Hall–Kier alpha value is -2.58. The van der Waals surface area contributed by atoms with Crippen LogP contribution in [0.15, 0.2) is 43.1 Å². The Morgan fingerprint density at radius 1 is 1.32 bits per heavy atom. The Kier molecular flexibility index (Phi) is 4.53. The lowest BCUT2D eigenvalue weighted by molar-refractivity contribution is 0.102. The smallest absolute Gasteiger partial charge is 0.257 e. The summed E-state index contributed by atoms with van der Waals surface area (Å²) in [5, 5.41) is 11.0. The van der Waals surface area contributed by atoms with Crippen LogP contribution < -0.4 is 10.6 Å². The van der Waals surface area contributed by atoms with Crippen molar-refractivity contribution in [3.63, 3.8) is 0 Å². The Labute approximate surface area is 149 Å². The van der Waals surface area contributed by atoms with Crippen molar-refractivity contribution in [2.24, 2.45) is 0 Å². The highest BCUT2D eigenvalue weighted by molar-refractivity contribution is 7.15. The average Bonchev–Trinajstić information content (AvgIpc) is 3.35. The van der Waals surface area contributed by atoms with Gasteiger partial charge in [0.15, 0.2) is 5.13 Å². The SMILES string of the molecule is O=C(Nc1ncc(C2CCNCC2)s1)c1cccc(-n2cncn2)c1. The second-order valence-corrected chi connectivity index (χ2v) is 7.00. The summed E-state index contributed by atoms with van der Waals surface area (Å²) in [4.78, 5) is 22.1. The molecule has 0 aliphatic carbocycles. The number of hydrogen-bond donors (Lipinski definition) is 2. The Bertz CT molecular complexity index is 854. The zero-order valence-electron chi connectivity index (χ0n) is 13.6. The molecule has 1 fully saturated rings. The van der Waals surface area contributed by atoms with Gasteiger partial charge < -0.3 is 5.32 Å². The van der Waals surface area contributed by atoms with E-state index < -0.39 is 0 Å². The number of aromatic nitrogens is 4. The minimum Gasteiger partial charge on any atom is -0.317 e. The maximum absolute atomic E-state index is 12.5. The van der Waals surface area contributed by atoms with Gasteiger partial charge in [0.05, 0.1) is 5.69 Å². The highest BCUT2D eigenvalue weighted by atomic mass is 32.1. The summed E-state index contributed by atoms with van der Waals surface area (Å²) in [6.45, 7) is 2.08. The van der Waals surface area contributed by atoms with E-state index >= 15 is 0 Å². The van der Waals surface area contributed by atoms with E-state index in [0.717, 1.165) is 31.6 Å². The fraction of sp³-hybridized carbons (Fsp3) is 0.294. The molecule has 2 aromatic heterocycles. The Balaban J connectivity index is 1.47. The lowest BCUT2D eigenvalue weighted by Crippen LogP contribution is -2.26. The maximum atomic E-state index is 12.5. The molecule has 128 valence electrons. The normalized spacial score (nSPS) is 15.2. The Morgan fingerprint density at radius 2 is 2.20 bits per heavy atom. The van der Waals surface area contributed by atoms with E-state index in [9.17, 15) is 4.79 Å². The van der Waals surface area contributed by atoms with Crippen molar-refractivity contribution < 1.29 is 4.79 Å². The van der Waals surface area contributed by atoms with Crippen molar-refractivity contribution in [1.82, 2.24) is 25.1 Å². The Morgan fingerprint density at radius 3 is 3.00 bits per heavy atom. The second kappa shape index (κ2) is 7.12. The first-order valence-electron chi connectivity index (χ1n) is 8.22. The van der Waals surface area contributed by atoms with Crippen LogP contribution in [0.25, 0.3) is 5.69 Å². The van der Waals surface area contributed by atoms with Crippen LogP contribution in [-0.2, 0) is 0 Å². The summed E-state index contributed by atoms with van der Waals surface area (Å²) in [6.07, 6.45) is 7.20. The first kappa shape index (κ1) is 15.9. The molecule has 1 saturated heterocycles. The van der Waals surface area contributed by atoms with Gasteiger partial charge in [-0.3, -0.25) is 10.1 Å². The van der Waals surface area contributed by atoms with Crippen molar-refractivity contribution in [3.05, 3.63) is 53.6 Å². The molecular weight excluding hydrogens is 336 g/mol. The molecule has 3 aromatic rings. The van der Waals surface area contributed by atoms with E-state index in [0.29, 0.717) is 16.6 Å². The van der Waals surface area contributed by atoms with E-state index in [2.05, 4.69) is 25.7 Å². The number of carbonyl (C=O) groups is 1. The van der Waals surface area contributed by atoms with Gasteiger partial charge in [0.1, 0.15) is 12.7 Å². The number of amides is 1. The number of piperidine rings is 1. The zero-order chi connectivity index (χ0) is 17.1. The maximum Gasteiger partial charge on any atom is 0.257 e. The lowest BCUT2D eigenvalue weighted by Gasteiger charge is -2.20. The van der Waals surface area contributed by atoms with Gasteiger partial charge in [-0.25, -0.2) is 14.6 Å². The lowest BCUT2D eigenvalue weighted by atomic mass is 9.97. The van der Waals surface area contributed by atoms with Gasteiger partial charge in [0.25, 0.3) is 5.91 Å². The molecule has 4 rings (SSSR count). The minimum absolute atomic E-state index is 0.173. The molecule has 1 aliphatic heterocycles. The summed E-state index contributed by atoms with van der Waals surface area (Å²) in [5.74, 6) is 0.369. The van der Waals surface area contributed by atoms with Gasteiger partial charge >= 0.3 is 0 Å². The van der Waals surface area contributed by atoms with Crippen molar-refractivity contribution in [2.75, 3.05) is 18.4 Å². The summed E-state index contributed by atoms with van der Waals surface area (Å²) in [5.41, 5.74) is 1.35. The van der Waals surface area contributed by atoms with E-state index in [-0.39, 0.29) is 5.91 Å². The quantitative estimate of drug-likeness (QED) is 0.752. The van der Waals surface area contributed by atoms with Gasteiger partial charge in [-0.05, 0) is 50.0 Å². The van der Waals surface area contributed by atoms with Gasteiger partial charge in [-0.15, -0.1) is 11.3 Å². The molecule has 2 N–H and O–H groups in total. The number of nitrogens with zero attached hydrogens (tertiary/aromatic N) is 4. The molecule has 3 heterocycles. The molecule has 7 nitrogen and oxygen atoms in total. The first-order chi connectivity index (χ1) is 12.3. The zero-order valence-corrected chi connectivity index (χ0v) is 14.4. The number of carbonyl (C=O) groups excluding carboxylic acids is 1. The van der Waals surface area contributed by atoms with Gasteiger partial charge in [0, 0.05) is 16.6 Å². The van der Waals surface area contributed by atoms with Crippen LogP contribution in [0.1, 0.15) is 34.0 Å². The van der Waals surface area contributed by atoms with E-state index in [1.165, 1.54) is 11.2 Å². The summed E-state index contributed by atoms with van der Waals surface area (Å²) in [7, 11) is 0.